The van der Waals surface area contributed by atoms with Gasteiger partial charge >= 0.3 is 0 Å². The molecule has 3 heteroatoms. The zero-order valence-corrected chi connectivity index (χ0v) is 8.50. The summed E-state index contributed by atoms with van der Waals surface area (Å²) in [7, 11) is 0. The molecular weight excluding hydrogens is 194 g/mol. The molecule has 72 valence electrons. The minimum Gasteiger partial charge on any atom is -0.386 e. The van der Waals surface area contributed by atoms with Crippen LogP contribution in [0.15, 0.2) is 24.3 Å². The standard InChI is InChI=1S/C11H11NOS/c13-10(7-5-6-7)11-12-8-3-1-2-4-9(8)14-11/h1-4,7,10,13H,5-6H2. The molecule has 0 radical (unpaired) electrons. The number of nitrogens with zero attached hydrogens (tertiary/aromatic N) is 1. The van der Waals surface area contributed by atoms with Gasteiger partial charge in [0.15, 0.2) is 0 Å². The molecule has 0 aliphatic heterocycles. The summed E-state index contributed by atoms with van der Waals surface area (Å²) in [4.78, 5) is 4.44. The predicted octanol–water partition coefficient (Wildman–Crippen LogP) is 2.74. The average molecular weight is 205 g/mol. The van der Waals surface area contributed by atoms with Crippen molar-refractivity contribution in [3.63, 3.8) is 0 Å². The van der Waals surface area contributed by atoms with Crippen LogP contribution in [-0.4, -0.2) is 10.1 Å². The van der Waals surface area contributed by atoms with Crippen molar-refractivity contribution in [2.75, 3.05) is 0 Å². The van der Waals surface area contributed by atoms with Crippen LogP contribution in [0.1, 0.15) is 24.0 Å². The normalized spacial score (nSPS) is 18.6. The van der Waals surface area contributed by atoms with Gasteiger partial charge in [-0.1, -0.05) is 12.1 Å². The Morgan fingerprint density at radius 2 is 2.14 bits per heavy atom. The van der Waals surface area contributed by atoms with Gasteiger partial charge in [0.25, 0.3) is 0 Å². The van der Waals surface area contributed by atoms with Crippen molar-refractivity contribution in [3.05, 3.63) is 29.3 Å². The number of aliphatic hydroxyl groups is 1. The molecule has 1 N–H and O–H groups in total. The highest BCUT2D eigenvalue weighted by molar-refractivity contribution is 7.18. The van der Waals surface area contributed by atoms with Crippen molar-refractivity contribution < 1.29 is 5.11 Å². The molecule has 0 bridgehead atoms. The van der Waals surface area contributed by atoms with Gasteiger partial charge < -0.3 is 5.11 Å². The van der Waals surface area contributed by atoms with Gasteiger partial charge in [-0.2, -0.15) is 0 Å². The number of aliphatic hydroxyl groups excluding tert-OH is 1. The van der Waals surface area contributed by atoms with Crippen molar-refractivity contribution in [2.45, 2.75) is 18.9 Å². The van der Waals surface area contributed by atoms with E-state index in [2.05, 4.69) is 11.1 Å². The fourth-order valence-electron chi connectivity index (χ4n) is 1.63. The van der Waals surface area contributed by atoms with E-state index < -0.39 is 0 Å². The van der Waals surface area contributed by atoms with Crippen molar-refractivity contribution in [2.24, 2.45) is 5.92 Å². The van der Waals surface area contributed by atoms with Crippen LogP contribution in [-0.2, 0) is 0 Å². The molecule has 1 aromatic heterocycles. The molecule has 1 heterocycles. The highest BCUT2D eigenvalue weighted by Crippen LogP contribution is 2.42. The first kappa shape index (κ1) is 8.38. The van der Waals surface area contributed by atoms with Crippen molar-refractivity contribution in [1.82, 2.24) is 4.98 Å². The van der Waals surface area contributed by atoms with Crippen LogP contribution in [0.4, 0.5) is 0 Å². The predicted molar refractivity (Wildman–Crippen MR) is 57.3 cm³/mol. The lowest BCUT2D eigenvalue weighted by molar-refractivity contribution is 0.153. The molecule has 1 saturated carbocycles. The Kier molecular flexibility index (Phi) is 1.82. The summed E-state index contributed by atoms with van der Waals surface area (Å²) in [6.07, 6.45) is 1.97. The molecule has 1 fully saturated rings. The Balaban J connectivity index is 2.04. The zero-order valence-electron chi connectivity index (χ0n) is 7.68. The Hall–Kier alpha value is -0.930. The summed E-state index contributed by atoms with van der Waals surface area (Å²) in [6.45, 7) is 0. The van der Waals surface area contributed by atoms with E-state index in [1.54, 1.807) is 11.3 Å². The molecule has 1 aromatic carbocycles. The van der Waals surface area contributed by atoms with E-state index in [4.69, 9.17) is 0 Å². The maximum atomic E-state index is 9.91. The fraction of sp³-hybridized carbons (Fsp3) is 0.364. The van der Waals surface area contributed by atoms with Gasteiger partial charge in [0.2, 0.25) is 0 Å². The van der Waals surface area contributed by atoms with Crippen molar-refractivity contribution in [3.8, 4) is 0 Å². The molecule has 2 nitrogen and oxygen atoms in total. The van der Waals surface area contributed by atoms with E-state index in [1.807, 2.05) is 18.2 Å². The first-order chi connectivity index (χ1) is 6.84. The molecule has 0 amide bonds. The van der Waals surface area contributed by atoms with Gasteiger partial charge in [-0.25, -0.2) is 4.98 Å². The number of para-hydroxylation sites is 1. The van der Waals surface area contributed by atoms with Crippen LogP contribution in [0, 0.1) is 5.92 Å². The van der Waals surface area contributed by atoms with Gasteiger partial charge in [0.1, 0.15) is 11.1 Å². The number of hydrogen-bond donors (Lipinski definition) is 1. The van der Waals surface area contributed by atoms with Crippen LogP contribution < -0.4 is 0 Å². The third-order valence-corrected chi connectivity index (χ3v) is 3.74. The van der Waals surface area contributed by atoms with Crippen molar-refractivity contribution in [1.29, 1.82) is 0 Å². The minimum atomic E-state index is -0.326. The first-order valence-corrected chi connectivity index (χ1v) is 5.70. The van der Waals surface area contributed by atoms with Crippen LogP contribution in [0.5, 0.6) is 0 Å². The number of thiazole rings is 1. The van der Waals surface area contributed by atoms with E-state index in [-0.39, 0.29) is 6.10 Å². The van der Waals surface area contributed by atoms with Crippen LogP contribution in [0.2, 0.25) is 0 Å². The number of fused-ring (bicyclic) bond motifs is 1. The summed E-state index contributed by atoms with van der Waals surface area (Å²) in [5, 5.41) is 10.8. The summed E-state index contributed by atoms with van der Waals surface area (Å²) >= 11 is 1.61. The molecule has 14 heavy (non-hydrogen) atoms. The lowest BCUT2D eigenvalue weighted by Gasteiger charge is -2.02. The number of hydrogen-bond acceptors (Lipinski definition) is 3. The molecule has 1 unspecified atom stereocenters. The van der Waals surface area contributed by atoms with E-state index >= 15 is 0 Å². The zero-order chi connectivity index (χ0) is 9.54. The molecule has 2 aromatic rings. The summed E-state index contributed by atoms with van der Waals surface area (Å²) in [5.74, 6) is 0.468. The van der Waals surface area contributed by atoms with E-state index in [1.165, 1.54) is 4.70 Å². The quantitative estimate of drug-likeness (QED) is 0.817. The third-order valence-electron chi connectivity index (χ3n) is 2.63. The Morgan fingerprint density at radius 1 is 1.36 bits per heavy atom. The Morgan fingerprint density at radius 3 is 2.86 bits per heavy atom. The highest BCUT2D eigenvalue weighted by Gasteiger charge is 2.32. The average Bonchev–Trinajstić information content (AvgIpc) is 2.95. The van der Waals surface area contributed by atoms with Gasteiger partial charge in [-0.05, 0) is 30.9 Å². The van der Waals surface area contributed by atoms with E-state index in [0.29, 0.717) is 5.92 Å². The van der Waals surface area contributed by atoms with Gasteiger partial charge in [0.05, 0.1) is 10.2 Å². The number of aromatic nitrogens is 1. The topological polar surface area (TPSA) is 33.1 Å². The SMILES string of the molecule is OC(c1nc2ccccc2s1)C1CC1. The monoisotopic (exact) mass is 205 g/mol. The summed E-state index contributed by atoms with van der Waals surface area (Å²) in [5.41, 5.74) is 1.01. The lowest BCUT2D eigenvalue weighted by atomic mass is 10.2. The number of rotatable bonds is 2. The maximum Gasteiger partial charge on any atom is 0.123 e. The number of benzene rings is 1. The van der Waals surface area contributed by atoms with Gasteiger partial charge in [-0.15, -0.1) is 11.3 Å². The second-order valence-corrected chi connectivity index (χ2v) is 4.86. The summed E-state index contributed by atoms with van der Waals surface area (Å²) in [6, 6.07) is 8.04. The van der Waals surface area contributed by atoms with E-state index in [9.17, 15) is 5.11 Å². The van der Waals surface area contributed by atoms with Crippen LogP contribution >= 0.6 is 11.3 Å². The molecule has 1 aliphatic carbocycles. The largest absolute Gasteiger partial charge is 0.386 e. The van der Waals surface area contributed by atoms with Crippen molar-refractivity contribution >= 4 is 21.6 Å². The second kappa shape index (κ2) is 3.04. The summed E-state index contributed by atoms with van der Waals surface area (Å²) < 4.78 is 1.17. The van der Waals surface area contributed by atoms with Gasteiger partial charge in [0, 0.05) is 0 Å². The maximum absolute atomic E-state index is 9.91. The van der Waals surface area contributed by atoms with E-state index in [0.717, 1.165) is 23.4 Å². The van der Waals surface area contributed by atoms with Crippen LogP contribution in [0.25, 0.3) is 10.2 Å². The molecular formula is C11H11NOS. The molecule has 0 spiro atoms. The second-order valence-electron chi connectivity index (χ2n) is 3.80. The Labute approximate surface area is 86.2 Å². The van der Waals surface area contributed by atoms with Gasteiger partial charge in [-0.3, -0.25) is 0 Å². The third kappa shape index (κ3) is 1.33. The minimum absolute atomic E-state index is 0.326. The lowest BCUT2D eigenvalue weighted by Crippen LogP contribution is -1.97. The molecule has 0 saturated heterocycles. The molecule has 1 aliphatic rings. The smallest absolute Gasteiger partial charge is 0.123 e. The van der Waals surface area contributed by atoms with Crippen LogP contribution in [0.3, 0.4) is 0 Å². The molecule has 1 atom stereocenters. The highest BCUT2D eigenvalue weighted by atomic mass is 32.1. The first-order valence-electron chi connectivity index (χ1n) is 4.88. The Bertz CT molecular complexity index is 428. The fourth-order valence-corrected chi connectivity index (χ4v) is 2.68. The molecule has 3 rings (SSSR count).